The van der Waals surface area contributed by atoms with Gasteiger partial charge in [0.1, 0.15) is 17.7 Å². The molecule has 7 heteroatoms. The number of aromatic nitrogens is 2. The fraction of sp³-hybridized carbons (Fsp3) is 0. The number of carbonyl (C=O) groups is 1. The zero-order valence-electron chi connectivity index (χ0n) is 9.46. The number of aromatic carboxylic acids is 1. The minimum Gasteiger partial charge on any atom is -0.478 e. The van der Waals surface area contributed by atoms with E-state index in [2.05, 4.69) is 15.3 Å². The molecule has 2 aromatic rings. The molecular formula is C12H7FN4O2. The van der Waals surface area contributed by atoms with Crippen LogP contribution < -0.4 is 5.32 Å². The summed E-state index contributed by atoms with van der Waals surface area (Å²) in [5, 5.41) is 19.9. The normalized spacial score (nSPS) is 9.68. The predicted molar refractivity (Wildman–Crippen MR) is 63.4 cm³/mol. The van der Waals surface area contributed by atoms with Gasteiger partial charge in [-0.15, -0.1) is 0 Å². The van der Waals surface area contributed by atoms with Gasteiger partial charge in [-0.25, -0.2) is 19.2 Å². The molecule has 94 valence electrons. The highest BCUT2D eigenvalue weighted by Crippen LogP contribution is 2.19. The molecule has 0 saturated heterocycles. The summed E-state index contributed by atoms with van der Waals surface area (Å²) >= 11 is 0. The zero-order chi connectivity index (χ0) is 13.8. The van der Waals surface area contributed by atoms with Crippen molar-refractivity contribution in [2.75, 3.05) is 5.32 Å². The maximum Gasteiger partial charge on any atom is 0.335 e. The molecule has 0 unspecified atom stereocenters. The van der Waals surface area contributed by atoms with E-state index in [0.29, 0.717) is 0 Å². The minimum absolute atomic E-state index is 0.0732. The van der Waals surface area contributed by atoms with Crippen LogP contribution in [-0.2, 0) is 0 Å². The Kier molecular flexibility index (Phi) is 3.34. The fourth-order valence-corrected chi connectivity index (χ4v) is 1.34. The average Bonchev–Trinajstić information content (AvgIpc) is 2.41. The van der Waals surface area contributed by atoms with E-state index in [9.17, 15) is 9.18 Å². The second-order valence-electron chi connectivity index (χ2n) is 3.52. The van der Waals surface area contributed by atoms with Crippen molar-refractivity contribution in [3.63, 3.8) is 0 Å². The van der Waals surface area contributed by atoms with Gasteiger partial charge >= 0.3 is 5.97 Å². The maximum absolute atomic E-state index is 13.6. The number of nitrogens with one attached hydrogen (secondary N) is 1. The number of carboxylic acid groups (broad SMARTS) is 1. The first-order valence-corrected chi connectivity index (χ1v) is 5.12. The van der Waals surface area contributed by atoms with Crippen molar-refractivity contribution in [1.29, 1.82) is 5.26 Å². The molecule has 19 heavy (non-hydrogen) atoms. The van der Waals surface area contributed by atoms with Gasteiger partial charge in [0.05, 0.1) is 23.6 Å². The highest BCUT2D eigenvalue weighted by Gasteiger charge is 2.09. The first kappa shape index (κ1) is 12.4. The molecule has 0 fully saturated rings. The molecule has 1 heterocycles. The molecule has 0 amide bonds. The van der Waals surface area contributed by atoms with Gasteiger partial charge in [-0.05, 0) is 18.2 Å². The van der Waals surface area contributed by atoms with E-state index >= 15 is 0 Å². The largest absolute Gasteiger partial charge is 0.478 e. The van der Waals surface area contributed by atoms with Crippen LogP contribution in [0.2, 0.25) is 0 Å². The standard InChI is InChI=1S/C12H7FN4O2/c13-9-3-7(12(18)19)1-2-10(9)17-11-6-15-8(4-14)5-16-11/h1-3,5-6H,(H,16,17)(H,18,19). The smallest absolute Gasteiger partial charge is 0.335 e. The molecule has 1 aromatic heterocycles. The summed E-state index contributed by atoms with van der Waals surface area (Å²) in [7, 11) is 0. The lowest BCUT2D eigenvalue weighted by Crippen LogP contribution is -2.01. The van der Waals surface area contributed by atoms with Crippen LogP contribution in [0.25, 0.3) is 0 Å². The average molecular weight is 258 g/mol. The number of hydrogen-bond acceptors (Lipinski definition) is 5. The summed E-state index contributed by atoms with van der Waals surface area (Å²) in [5.41, 5.74) is 0.0743. The van der Waals surface area contributed by atoms with Gasteiger partial charge in [0.25, 0.3) is 0 Å². The van der Waals surface area contributed by atoms with Crippen molar-refractivity contribution in [2.24, 2.45) is 0 Å². The molecular weight excluding hydrogens is 251 g/mol. The summed E-state index contributed by atoms with van der Waals surface area (Å²) < 4.78 is 13.6. The van der Waals surface area contributed by atoms with Gasteiger partial charge in [-0.1, -0.05) is 0 Å². The molecule has 2 rings (SSSR count). The molecule has 2 N–H and O–H groups in total. The second kappa shape index (κ2) is 5.10. The number of nitriles is 1. The number of rotatable bonds is 3. The molecule has 0 radical (unpaired) electrons. The Bertz CT molecular complexity index is 664. The Morgan fingerprint density at radius 3 is 2.68 bits per heavy atom. The van der Waals surface area contributed by atoms with E-state index in [1.807, 2.05) is 6.07 Å². The van der Waals surface area contributed by atoms with Crippen LogP contribution in [0.5, 0.6) is 0 Å². The van der Waals surface area contributed by atoms with Crippen LogP contribution in [0.4, 0.5) is 15.9 Å². The van der Waals surface area contributed by atoms with Crippen molar-refractivity contribution in [2.45, 2.75) is 0 Å². The van der Waals surface area contributed by atoms with E-state index in [1.54, 1.807) is 0 Å². The number of benzene rings is 1. The summed E-state index contributed by atoms with van der Waals surface area (Å²) in [4.78, 5) is 18.3. The van der Waals surface area contributed by atoms with Gasteiger partial charge in [-0.3, -0.25) is 0 Å². The lowest BCUT2D eigenvalue weighted by Gasteiger charge is -2.06. The van der Waals surface area contributed by atoms with Crippen LogP contribution in [0, 0.1) is 17.1 Å². The number of nitrogens with zero attached hydrogens (tertiary/aromatic N) is 3. The molecule has 0 aliphatic rings. The second-order valence-corrected chi connectivity index (χ2v) is 3.52. The number of anilines is 2. The van der Waals surface area contributed by atoms with Gasteiger partial charge < -0.3 is 10.4 Å². The molecule has 0 spiro atoms. The van der Waals surface area contributed by atoms with E-state index in [4.69, 9.17) is 10.4 Å². The molecule has 6 nitrogen and oxygen atoms in total. The van der Waals surface area contributed by atoms with Crippen molar-refractivity contribution in [3.05, 3.63) is 47.7 Å². The number of carboxylic acids is 1. The fourth-order valence-electron chi connectivity index (χ4n) is 1.34. The van der Waals surface area contributed by atoms with Crippen LogP contribution in [0.15, 0.2) is 30.6 Å². The Balaban J connectivity index is 2.23. The van der Waals surface area contributed by atoms with Gasteiger partial charge in [0, 0.05) is 0 Å². The van der Waals surface area contributed by atoms with E-state index in [-0.39, 0.29) is 22.8 Å². The van der Waals surface area contributed by atoms with Crippen LogP contribution in [0.3, 0.4) is 0 Å². The Morgan fingerprint density at radius 2 is 2.16 bits per heavy atom. The Hall–Kier alpha value is -3.01. The van der Waals surface area contributed by atoms with Crippen LogP contribution in [-0.4, -0.2) is 21.0 Å². The highest BCUT2D eigenvalue weighted by atomic mass is 19.1. The third-order valence-electron chi connectivity index (χ3n) is 2.25. The third-order valence-corrected chi connectivity index (χ3v) is 2.25. The Morgan fingerprint density at radius 1 is 1.37 bits per heavy atom. The minimum atomic E-state index is -1.20. The molecule has 0 aliphatic heterocycles. The quantitative estimate of drug-likeness (QED) is 0.872. The molecule has 0 aliphatic carbocycles. The van der Waals surface area contributed by atoms with Crippen LogP contribution >= 0.6 is 0 Å². The molecule has 1 aromatic carbocycles. The predicted octanol–water partition coefficient (Wildman–Crippen LogP) is 1.93. The monoisotopic (exact) mass is 258 g/mol. The van der Waals surface area contributed by atoms with Crippen molar-refractivity contribution < 1.29 is 14.3 Å². The molecule has 0 atom stereocenters. The van der Waals surface area contributed by atoms with Gasteiger partial charge in [0.15, 0.2) is 5.69 Å². The van der Waals surface area contributed by atoms with Crippen molar-refractivity contribution in [3.8, 4) is 6.07 Å². The zero-order valence-corrected chi connectivity index (χ0v) is 9.46. The van der Waals surface area contributed by atoms with Crippen molar-refractivity contribution >= 4 is 17.5 Å². The number of hydrogen-bond donors (Lipinski definition) is 2. The van der Waals surface area contributed by atoms with E-state index < -0.39 is 11.8 Å². The topological polar surface area (TPSA) is 98.9 Å². The number of halogens is 1. The van der Waals surface area contributed by atoms with E-state index in [0.717, 1.165) is 6.07 Å². The summed E-state index contributed by atoms with van der Waals surface area (Å²) in [5.74, 6) is -1.67. The lowest BCUT2D eigenvalue weighted by molar-refractivity contribution is 0.0696. The van der Waals surface area contributed by atoms with Crippen molar-refractivity contribution in [1.82, 2.24) is 9.97 Å². The maximum atomic E-state index is 13.6. The highest BCUT2D eigenvalue weighted by molar-refractivity contribution is 5.88. The van der Waals surface area contributed by atoms with E-state index in [1.165, 1.54) is 24.5 Å². The van der Waals surface area contributed by atoms with Gasteiger partial charge in [-0.2, -0.15) is 5.26 Å². The molecule has 0 saturated carbocycles. The van der Waals surface area contributed by atoms with Crippen LogP contribution in [0.1, 0.15) is 16.1 Å². The first-order valence-electron chi connectivity index (χ1n) is 5.12. The molecule has 0 bridgehead atoms. The Labute approximate surface area is 107 Å². The lowest BCUT2D eigenvalue weighted by atomic mass is 10.2. The summed E-state index contributed by atoms with van der Waals surface area (Å²) in [6, 6.07) is 5.27. The SMILES string of the molecule is N#Cc1cnc(Nc2ccc(C(=O)O)cc2F)cn1. The summed E-state index contributed by atoms with van der Waals surface area (Å²) in [6.07, 6.45) is 2.52. The third kappa shape index (κ3) is 2.81. The first-order chi connectivity index (χ1) is 9.10. The summed E-state index contributed by atoms with van der Waals surface area (Å²) in [6.45, 7) is 0. The van der Waals surface area contributed by atoms with Gasteiger partial charge in [0.2, 0.25) is 0 Å².